The van der Waals surface area contributed by atoms with E-state index in [2.05, 4.69) is 33.0 Å². The lowest BCUT2D eigenvalue weighted by molar-refractivity contribution is 0.213. The van der Waals surface area contributed by atoms with Crippen LogP contribution in [0, 0.1) is 11.8 Å². The van der Waals surface area contributed by atoms with Crippen LogP contribution in [0.3, 0.4) is 0 Å². The smallest absolute Gasteiger partial charge is 0.0456 e. The van der Waals surface area contributed by atoms with Gasteiger partial charge in [-0.3, -0.25) is 0 Å². The molecule has 2 nitrogen and oxygen atoms in total. The van der Waals surface area contributed by atoms with Crippen LogP contribution in [0.1, 0.15) is 34.1 Å². The van der Waals surface area contributed by atoms with Crippen molar-refractivity contribution in [3.63, 3.8) is 0 Å². The minimum atomic E-state index is 0.312. The molecule has 0 aliphatic carbocycles. The molecule has 0 radical (unpaired) electrons. The topological polar surface area (TPSA) is 32.3 Å². The summed E-state index contributed by atoms with van der Waals surface area (Å²) in [5.74, 6) is 1.10. The third-order valence-electron chi connectivity index (χ3n) is 1.99. The molecule has 0 fully saturated rings. The molecule has 2 heteroatoms. The van der Waals surface area contributed by atoms with Crippen LogP contribution in [0.4, 0.5) is 0 Å². The van der Waals surface area contributed by atoms with Gasteiger partial charge in [-0.05, 0) is 24.8 Å². The Morgan fingerprint density at radius 3 is 2.08 bits per heavy atom. The molecule has 74 valence electrons. The first-order chi connectivity index (χ1) is 5.56. The first kappa shape index (κ1) is 11.9. The summed E-state index contributed by atoms with van der Waals surface area (Å²) in [4.78, 5) is 0. The minimum Gasteiger partial charge on any atom is -0.396 e. The summed E-state index contributed by atoms with van der Waals surface area (Å²) in [6, 6.07) is 0.567. The first-order valence-electron chi connectivity index (χ1n) is 4.90. The van der Waals surface area contributed by atoms with E-state index in [1.807, 2.05) is 0 Å². The maximum Gasteiger partial charge on any atom is 0.0456 e. The Kier molecular flexibility index (Phi) is 6.39. The molecule has 0 aliphatic heterocycles. The van der Waals surface area contributed by atoms with Crippen molar-refractivity contribution < 1.29 is 5.11 Å². The van der Waals surface area contributed by atoms with E-state index in [0.29, 0.717) is 24.5 Å². The van der Waals surface area contributed by atoms with Gasteiger partial charge in [-0.2, -0.15) is 0 Å². The molecule has 0 spiro atoms. The highest BCUT2D eigenvalue weighted by atomic mass is 16.3. The van der Waals surface area contributed by atoms with Gasteiger partial charge in [-0.1, -0.05) is 27.7 Å². The molecule has 0 aromatic carbocycles. The van der Waals surface area contributed by atoms with E-state index in [0.717, 1.165) is 13.0 Å². The Labute approximate surface area is 76.4 Å². The highest BCUT2D eigenvalue weighted by molar-refractivity contribution is 4.62. The fraction of sp³-hybridized carbons (Fsp3) is 1.00. The van der Waals surface area contributed by atoms with Gasteiger partial charge in [-0.25, -0.2) is 0 Å². The molecule has 2 atom stereocenters. The fourth-order valence-corrected chi connectivity index (χ4v) is 1.28. The van der Waals surface area contributed by atoms with Gasteiger partial charge >= 0.3 is 0 Å². The summed E-state index contributed by atoms with van der Waals surface area (Å²) in [5, 5.41) is 12.2. The number of aliphatic hydroxyl groups excluding tert-OH is 1. The summed E-state index contributed by atoms with van der Waals surface area (Å²) in [6.07, 6.45) is 1.11. The Hall–Kier alpha value is -0.0800. The minimum absolute atomic E-state index is 0.312. The lowest BCUT2D eigenvalue weighted by Crippen LogP contribution is -2.28. The molecule has 0 aromatic rings. The van der Waals surface area contributed by atoms with E-state index in [-0.39, 0.29) is 0 Å². The predicted molar refractivity (Wildman–Crippen MR) is 53.2 cm³/mol. The molecule has 0 bridgehead atoms. The molecule has 2 N–H and O–H groups in total. The van der Waals surface area contributed by atoms with Crippen molar-refractivity contribution >= 4 is 0 Å². The highest BCUT2D eigenvalue weighted by Crippen LogP contribution is 2.09. The fourth-order valence-electron chi connectivity index (χ4n) is 1.28. The normalized spacial score (nSPS) is 16.5. The van der Waals surface area contributed by atoms with Crippen LogP contribution >= 0.6 is 0 Å². The van der Waals surface area contributed by atoms with E-state index in [1.54, 1.807) is 0 Å². The molecule has 0 heterocycles. The highest BCUT2D eigenvalue weighted by Gasteiger charge is 2.07. The molecule has 0 aromatic heterocycles. The maximum atomic E-state index is 8.84. The van der Waals surface area contributed by atoms with Crippen LogP contribution in [0.5, 0.6) is 0 Å². The summed E-state index contributed by atoms with van der Waals surface area (Å²) >= 11 is 0. The van der Waals surface area contributed by atoms with Gasteiger partial charge in [0.2, 0.25) is 0 Å². The zero-order valence-corrected chi connectivity index (χ0v) is 8.80. The van der Waals surface area contributed by atoms with Gasteiger partial charge in [-0.15, -0.1) is 0 Å². The van der Waals surface area contributed by atoms with Gasteiger partial charge in [0.1, 0.15) is 0 Å². The zero-order chi connectivity index (χ0) is 9.56. The van der Waals surface area contributed by atoms with Crippen molar-refractivity contribution in [3.8, 4) is 0 Å². The lowest BCUT2D eigenvalue weighted by atomic mass is 9.98. The van der Waals surface area contributed by atoms with Crippen LogP contribution in [0.2, 0.25) is 0 Å². The van der Waals surface area contributed by atoms with E-state index in [1.165, 1.54) is 0 Å². The third-order valence-corrected chi connectivity index (χ3v) is 1.99. The van der Waals surface area contributed by atoms with Crippen molar-refractivity contribution in [1.29, 1.82) is 0 Å². The van der Waals surface area contributed by atoms with E-state index in [4.69, 9.17) is 5.11 Å². The second kappa shape index (κ2) is 6.44. The van der Waals surface area contributed by atoms with E-state index >= 15 is 0 Å². The Morgan fingerprint density at radius 2 is 1.67 bits per heavy atom. The number of aliphatic hydroxyl groups is 1. The van der Waals surface area contributed by atoms with Crippen molar-refractivity contribution in [2.45, 2.75) is 40.2 Å². The van der Waals surface area contributed by atoms with Crippen molar-refractivity contribution in [1.82, 2.24) is 5.32 Å². The van der Waals surface area contributed by atoms with Crippen LogP contribution < -0.4 is 5.32 Å². The zero-order valence-electron chi connectivity index (χ0n) is 8.80. The van der Waals surface area contributed by atoms with E-state index in [9.17, 15) is 0 Å². The van der Waals surface area contributed by atoms with Gasteiger partial charge in [0.05, 0.1) is 0 Å². The molecular weight excluding hydrogens is 150 g/mol. The summed E-state index contributed by atoms with van der Waals surface area (Å²) < 4.78 is 0. The standard InChI is InChI=1S/C10H23NO/c1-8(2)11-6-9(3)5-10(4)7-12/h8-12H,5-7H2,1-4H3. The SMILES string of the molecule is CC(CO)CC(C)CNC(C)C. The monoisotopic (exact) mass is 173 g/mol. The van der Waals surface area contributed by atoms with Gasteiger partial charge in [0.15, 0.2) is 0 Å². The van der Waals surface area contributed by atoms with Gasteiger partial charge in [0, 0.05) is 12.6 Å². The van der Waals surface area contributed by atoms with Crippen molar-refractivity contribution in [3.05, 3.63) is 0 Å². The van der Waals surface area contributed by atoms with Gasteiger partial charge in [0.25, 0.3) is 0 Å². The quantitative estimate of drug-likeness (QED) is 0.640. The summed E-state index contributed by atoms with van der Waals surface area (Å²) in [5.41, 5.74) is 0. The summed E-state index contributed by atoms with van der Waals surface area (Å²) in [6.45, 7) is 9.99. The predicted octanol–water partition coefficient (Wildman–Crippen LogP) is 1.64. The van der Waals surface area contributed by atoms with Crippen LogP contribution in [-0.2, 0) is 0 Å². The average molecular weight is 173 g/mol. The first-order valence-corrected chi connectivity index (χ1v) is 4.90. The molecule has 0 aliphatic rings. The van der Waals surface area contributed by atoms with Crippen LogP contribution in [-0.4, -0.2) is 24.3 Å². The molecule has 0 saturated carbocycles. The van der Waals surface area contributed by atoms with E-state index < -0.39 is 0 Å². The van der Waals surface area contributed by atoms with Crippen molar-refractivity contribution in [2.24, 2.45) is 11.8 Å². The second-order valence-electron chi connectivity index (χ2n) is 4.19. The number of hydrogen-bond acceptors (Lipinski definition) is 2. The molecule has 12 heavy (non-hydrogen) atoms. The Bertz CT molecular complexity index is 104. The summed E-state index contributed by atoms with van der Waals surface area (Å²) in [7, 11) is 0. The molecule has 0 saturated heterocycles. The third kappa shape index (κ3) is 6.62. The number of rotatable bonds is 6. The molecular formula is C10H23NO. The Morgan fingerprint density at radius 1 is 1.08 bits per heavy atom. The lowest BCUT2D eigenvalue weighted by Gasteiger charge is -2.17. The van der Waals surface area contributed by atoms with Crippen molar-refractivity contribution in [2.75, 3.05) is 13.2 Å². The molecule has 0 rings (SSSR count). The number of hydrogen-bond donors (Lipinski definition) is 2. The molecule has 0 amide bonds. The van der Waals surface area contributed by atoms with Crippen LogP contribution in [0.25, 0.3) is 0 Å². The average Bonchev–Trinajstić information content (AvgIpc) is 2.00. The number of nitrogens with one attached hydrogen (secondary N) is 1. The Balaban J connectivity index is 3.39. The second-order valence-corrected chi connectivity index (χ2v) is 4.19. The van der Waals surface area contributed by atoms with Crippen LogP contribution in [0.15, 0.2) is 0 Å². The maximum absolute atomic E-state index is 8.84. The molecule has 2 unspecified atom stereocenters. The van der Waals surface area contributed by atoms with Gasteiger partial charge < -0.3 is 10.4 Å². The largest absolute Gasteiger partial charge is 0.396 e.